The molecule has 1 atom stereocenters. The number of urea groups is 1. The zero-order valence-electron chi connectivity index (χ0n) is 11.4. The second-order valence-corrected chi connectivity index (χ2v) is 7.10. The topological polar surface area (TPSA) is 98.2 Å². The molecule has 0 radical (unpaired) electrons. The molecule has 2 rings (SSSR count). The molecular weight excluding hydrogens is 286 g/mol. The Bertz CT molecular complexity index is 498. The predicted octanol–water partition coefficient (Wildman–Crippen LogP) is -0.767. The lowest BCUT2D eigenvalue weighted by molar-refractivity contribution is -0.141. The van der Waals surface area contributed by atoms with Gasteiger partial charge in [-0.15, -0.1) is 0 Å². The van der Waals surface area contributed by atoms with Gasteiger partial charge < -0.3 is 14.9 Å². The number of carbonyl (C=O) groups is 2. The molecule has 2 amide bonds. The van der Waals surface area contributed by atoms with Crippen molar-refractivity contribution in [2.75, 3.05) is 39.0 Å². The molecule has 1 N–H and O–H groups in total. The molecule has 0 unspecified atom stereocenters. The first kappa shape index (κ1) is 15.0. The number of carbonyl (C=O) groups excluding carboxylic acids is 1. The average Bonchev–Trinajstić information content (AvgIpc) is 2.86. The van der Waals surface area contributed by atoms with Crippen LogP contribution in [0, 0.1) is 0 Å². The van der Waals surface area contributed by atoms with Gasteiger partial charge in [0.2, 0.25) is 10.0 Å². The first-order valence-electron chi connectivity index (χ1n) is 6.54. The van der Waals surface area contributed by atoms with Crippen molar-refractivity contribution in [3.8, 4) is 0 Å². The number of hydrogen-bond donors (Lipinski definition) is 1. The zero-order valence-corrected chi connectivity index (χ0v) is 12.2. The van der Waals surface area contributed by atoms with E-state index in [2.05, 4.69) is 0 Å². The van der Waals surface area contributed by atoms with Gasteiger partial charge in [0.25, 0.3) is 0 Å². The Morgan fingerprint density at radius 3 is 2.20 bits per heavy atom. The van der Waals surface area contributed by atoms with Crippen LogP contribution in [0.5, 0.6) is 0 Å². The quantitative estimate of drug-likeness (QED) is 0.722. The predicted molar refractivity (Wildman–Crippen MR) is 70.7 cm³/mol. The third-order valence-electron chi connectivity index (χ3n) is 3.76. The molecule has 114 valence electrons. The lowest BCUT2D eigenvalue weighted by Crippen LogP contribution is -2.55. The van der Waals surface area contributed by atoms with Crippen LogP contribution < -0.4 is 0 Å². The summed E-state index contributed by atoms with van der Waals surface area (Å²) in [6.07, 6.45) is 2.31. The summed E-state index contributed by atoms with van der Waals surface area (Å²) in [5.41, 5.74) is 0. The van der Waals surface area contributed by atoms with Crippen LogP contribution in [-0.2, 0) is 14.8 Å². The number of hydrogen-bond acceptors (Lipinski definition) is 4. The molecule has 0 saturated carbocycles. The normalized spacial score (nSPS) is 24.9. The third kappa shape index (κ3) is 3.04. The van der Waals surface area contributed by atoms with Crippen molar-refractivity contribution in [3.63, 3.8) is 0 Å². The number of likely N-dealkylation sites (tertiary alicyclic amines) is 1. The fourth-order valence-corrected chi connectivity index (χ4v) is 3.47. The summed E-state index contributed by atoms with van der Waals surface area (Å²) in [5, 5.41) is 9.08. The van der Waals surface area contributed by atoms with E-state index < -0.39 is 22.0 Å². The van der Waals surface area contributed by atoms with Crippen molar-refractivity contribution >= 4 is 22.0 Å². The smallest absolute Gasteiger partial charge is 0.326 e. The Morgan fingerprint density at radius 1 is 1.10 bits per heavy atom. The largest absolute Gasteiger partial charge is 0.480 e. The summed E-state index contributed by atoms with van der Waals surface area (Å²) in [4.78, 5) is 26.3. The lowest BCUT2D eigenvalue weighted by Gasteiger charge is -2.36. The Kier molecular flexibility index (Phi) is 4.19. The molecule has 0 aromatic heterocycles. The van der Waals surface area contributed by atoms with Gasteiger partial charge in [-0.25, -0.2) is 18.0 Å². The van der Waals surface area contributed by atoms with Crippen LogP contribution >= 0.6 is 0 Å². The van der Waals surface area contributed by atoms with Gasteiger partial charge >= 0.3 is 12.0 Å². The summed E-state index contributed by atoms with van der Waals surface area (Å²) in [5.74, 6) is -0.981. The van der Waals surface area contributed by atoms with Gasteiger partial charge in [-0.1, -0.05) is 0 Å². The molecular formula is C11H19N3O5S. The SMILES string of the molecule is CS(=O)(=O)N1CCN(C(=O)N2CCC[C@H]2C(=O)O)CC1. The summed E-state index contributed by atoms with van der Waals surface area (Å²) in [6.45, 7) is 1.57. The highest BCUT2D eigenvalue weighted by atomic mass is 32.2. The van der Waals surface area contributed by atoms with Gasteiger partial charge in [0.15, 0.2) is 0 Å². The van der Waals surface area contributed by atoms with E-state index in [0.29, 0.717) is 32.5 Å². The summed E-state index contributed by atoms with van der Waals surface area (Å²) in [7, 11) is -3.23. The van der Waals surface area contributed by atoms with Crippen molar-refractivity contribution < 1.29 is 23.1 Å². The van der Waals surface area contributed by atoms with Crippen LogP contribution in [0.15, 0.2) is 0 Å². The van der Waals surface area contributed by atoms with Gasteiger partial charge in [0.1, 0.15) is 6.04 Å². The molecule has 2 fully saturated rings. The molecule has 2 saturated heterocycles. The maximum atomic E-state index is 12.3. The third-order valence-corrected chi connectivity index (χ3v) is 5.06. The number of carboxylic acids is 1. The Balaban J connectivity index is 1.97. The minimum atomic E-state index is -3.23. The Labute approximate surface area is 118 Å². The summed E-state index contributed by atoms with van der Waals surface area (Å²) >= 11 is 0. The molecule has 20 heavy (non-hydrogen) atoms. The second-order valence-electron chi connectivity index (χ2n) is 5.12. The van der Waals surface area contributed by atoms with E-state index in [-0.39, 0.29) is 19.1 Å². The number of amides is 2. The van der Waals surface area contributed by atoms with Crippen LogP contribution in [0.2, 0.25) is 0 Å². The van der Waals surface area contributed by atoms with Crippen molar-refractivity contribution in [2.24, 2.45) is 0 Å². The number of rotatable bonds is 2. The van der Waals surface area contributed by atoms with E-state index in [4.69, 9.17) is 5.11 Å². The molecule has 0 aromatic rings. The number of carboxylic acid groups (broad SMARTS) is 1. The highest BCUT2D eigenvalue weighted by molar-refractivity contribution is 7.88. The standard InChI is InChI=1S/C11H19N3O5S/c1-20(18,19)13-7-5-12(6-8-13)11(17)14-4-2-3-9(14)10(15)16/h9H,2-8H2,1H3,(H,15,16)/t9-/m0/s1. The van der Waals surface area contributed by atoms with Crippen molar-refractivity contribution in [1.29, 1.82) is 0 Å². The van der Waals surface area contributed by atoms with Crippen LogP contribution in [0.3, 0.4) is 0 Å². The molecule has 0 aromatic carbocycles. The maximum absolute atomic E-state index is 12.3. The fourth-order valence-electron chi connectivity index (χ4n) is 2.65. The highest BCUT2D eigenvalue weighted by Crippen LogP contribution is 2.20. The second kappa shape index (κ2) is 5.57. The number of nitrogens with zero attached hydrogens (tertiary/aromatic N) is 3. The number of aliphatic carboxylic acids is 1. The fraction of sp³-hybridized carbons (Fsp3) is 0.818. The molecule has 2 aliphatic rings. The first-order chi connectivity index (χ1) is 9.30. The average molecular weight is 305 g/mol. The Hall–Kier alpha value is -1.35. The monoisotopic (exact) mass is 305 g/mol. The van der Waals surface area contributed by atoms with E-state index in [1.807, 2.05) is 0 Å². The van der Waals surface area contributed by atoms with Crippen molar-refractivity contribution in [2.45, 2.75) is 18.9 Å². The van der Waals surface area contributed by atoms with Gasteiger partial charge in [-0.3, -0.25) is 0 Å². The molecule has 8 nitrogen and oxygen atoms in total. The summed E-state index contributed by atoms with van der Waals surface area (Å²) < 4.78 is 24.1. The Morgan fingerprint density at radius 2 is 1.70 bits per heavy atom. The van der Waals surface area contributed by atoms with Crippen molar-refractivity contribution in [3.05, 3.63) is 0 Å². The van der Waals surface area contributed by atoms with Crippen LogP contribution in [-0.4, -0.2) is 84.7 Å². The minimum absolute atomic E-state index is 0.260. The molecule has 2 aliphatic heterocycles. The van der Waals surface area contributed by atoms with E-state index >= 15 is 0 Å². The number of sulfonamides is 1. The van der Waals surface area contributed by atoms with Crippen LogP contribution in [0.25, 0.3) is 0 Å². The first-order valence-corrected chi connectivity index (χ1v) is 8.39. The number of piperazine rings is 1. The van der Waals surface area contributed by atoms with Crippen LogP contribution in [0.1, 0.15) is 12.8 Å². The zero-order chi connectivity index (χ0) is 14.9. The lowest BCUT2D eigenvalue weighted by atomic mass is 10.2. The maximum Gasteiger partial charge on any atom is 0.326 e. The van der Waals surface area contributed by atoms with Crippen LogP contribution in [0.4, 0.5) is 4.79 Å². The van der Waals surface area contributed by atoms with E-state index in [1.165, 1.54) is 14.1 Å². The van der Waals surface area contributed by atoms with E-state index in [0.717, 1.165) is 6.26 Å². The highest BCUT2D eigenvalue weighted by Gasteiger charge is 2.37. The molecule has 0 aliphatic carbocycles. The molecule has 2 heterocycles. The molecule has 9 heteroatoms. The van der Waals surface area contributed by atoms with E-state index in [9.17, 15) is 18.0 Å². The van der Waals surface area contributed by atoms with E-state index in [1.54, 1.807) is 0 Å². The summed E-state index contributed by atoms with van der Waals surface area (Å²) in [6, 6.07) is -1.06. The van der Waals surface area contributed by atoms with Gasteiger partial charge in [-0.05, 0) is 12.8 Å². The van der Waals surface area contributed by atoms with Crippen molar-refractivity contribution in [1.82, 2.24) is 14.1 Å². The molecule has 0 bridgehead atoms. The minimum Gasteiger partial charge on any atom is -0.480 e. The molecule has 0 spiro atoms. The van der Waals surface area contributed by atoms with Gasteiger partial charge in [0.05, 0.1) is 6.26 Å². The van der Waals surface area contributed by atoms with Gasteiger partial charge in [0, 0.05) is 32.7 Å². The van der Waals surface area contributed by atoms with Gasteiger partial charge in [-0.2, -0.15) is 4.31 Å².